The number of hydrogen-bond donors (Lipinski definition) is 2. The summed E-state index contributed by atoms with van der Waals surface area (Å²) in [7, 11) is -3.74. The van der Waals surface area contributed by atoms with Crippen molar-refractivity contribution in [2.45, 2.75) is 4.90 Å². The number of urea groups is 1. The summed E-state index contributed by atoms with van der Waals surface area (Å²) in [6, 6.07) is 15.3. The van der Waals surface area contributed by atoms with Crippen LogP contribution in [-0.2, 0) is 10.0 Å². The van der Waals surface area contributed by atoms with Crippen LogP contribution in [0.1, 0.15) is 0 Å². The van der Waals surface area contributed by atoms with Crippen LogP contribution >= 0.6 is 0 Å². The van der Waals surface area contributed by atoms with Crippen LogP contribution < -0.4 is 15.2 Å². The van der Waals surface area contributed by atoms with Crippen molar-refractivity contribution in [3.8, 4) is 5.75 Å². The average molecular weight is 404 g/mol. The van der Waals surface area contributed by atoms with Crippen molar-refractivity contribution in [3.05, 3.63) is 54.6 Å². The molecule has 2 aromatic carbocycles. The Morgan fingerprint density at radius 1 is 1.00 bits per heavy atom. The lowest BCUT2D eigenvalue weighted by Gasteiger charge is -2.34. The highest BCUT2D eigenvalue weighted by Gasteiger charge is 2.21. The van der Waals surface area contributed by atoms with E-state index in [-0.39, 0.29) is 10.9 Å². The van der Waals surface area contributed by atoms with Crippen LogP contribution in [0.5, 0.6) is 5.75 Å². The first-order chi connectivity index (χ1) is 13.4. The molecule has 3 rings (SSSR count). The number of nitrogens with two attached hydrogens (primary N) is 1. The molecule has 0 aromatic heterocycles. The van der Waals surface area contributed by atoms with Crippen molar-refractivity contribution in [1.29, 1.82) is 0 Å². The number of nitrogens with one attached hydrogen (secondary N) is 1. The Kier molecular flexibility index (Phi) is 6.50. The summed E-state index contributed by atoms with van der Waals surface area (Å²) in [5, 5.41) is 7.85. The van der Waals surface area contributed by atoms with Gasteiger partial charge in [-0.15, -0.1) is 0 Å². The van der Waals surface area contributed by atoms with Crippen molar-refractivity contribution in [1.82, 2.24) is 9.80 Å². The van der Waals surface area contributed by atoms with Crippen molar-refractivity contribution in [3.63, 3.8) is 0 Å². The Hall–Kier alpha value is -2.62. The lowest BCUT2D eigenvalue weighted by molar-refractivity contribution is 0.132. The second-order valence-corrected chi connectivity index (χ2v) is 8.05. The fourth-order valence-electron chi connectivity index (χ4n) is 2.91. The Morgan fingerprint density at radius 2 is 1.64 bits per heavy atom. The highest BCUT2D eigenvalue weighted by atomic mass is 32.2. The number of piperazine rings is 1. The molecule has 3 N–H and O–H groups in total. The minimum atomic E-state index is -3.74. The highest BCUT2D eigenvalue weighted by Crippen LogP contribution is 2.14. The summed E-state index contributed by atoms with van der Waals surface area (Å²) >= 11 is 0. The maximum absolute atomic E-state index is 12.4. The van der Waals surface area contributed by atoms with E-state index in [1.165, 1.54) is 24.3 Å². The molecular weight excluding hydrogens is 380 g/mol. The molecule has 8 nitrogen and oxygen atoms in total. The molecule has 0 atom stereocenters. The Labute approximate surface area is 164 Å². The molecule has 2 aromatic rings. The van der Waals surface area contributed by atoms with Crippen molar-refractivity contribution < 1.29 is 17.9 Å². The SMILES string of the molecule is NS(=O)(=O)c1ccc(NC(=O)N2CCN(CCOc3ccccc3)CC2)cc1. The van der Waals surface area contributed by atoms with Gasteiger partial charge >= 0.3 is 6.03 Å². The molecule has 0 spiro atoms. The number of amides is 2. The predicted molar refractivity (Wildman–Crippen MR) is 107 cm³/mol. The second-order valence-electron chi connectivity index (χ2n) is 6.49. The van der Waals surface area contributed by atoms with Crippen LogP contribution in [0.25, 0.3) is 0 Å². The van der Waals surface area contributed by atoms with Gasteiger partial charge in [0.05, 0.1) is 4.90 Å². The normalized spacial score (nSPS) is 15.2. The van der Waals surface area contributed by atoms with E-state index in [1.54, 1.807) is 4.90 Å². The molecule has 0 unspecified atom stereocenters. The van der Waals surface area contributed by atoms with E-state index in [4.69, 9.17) is 9.88 Å². The third-order valence-corrected chi connectivity index (χ3v) is 5.44. The summed E-state index contributed by atoms with van der Waals surface area (Å²) < 4.78 is 28.2. The molecule has 1 fully saturated rings. The number of rotatable bonds is 6. The van der Waals surface area contributed by atoms with Crippen LogP contribution in [0, 0.1) is 0 Å². The number of benzene rings is 2. The molecule has 2 amide bonds. The van der Waals surface area contributed by atoms with Gasteiger partial charge in [0.15, 0.2) is 0 Å². The minimum absolute atomic E-state index is 0.0110. The van der Waals surface area contributed by atoms with E-state index in [0.29, 0.717) is 25.4 Å². The fourth-order valence-corrected chi connectivity index (χ4v) is 3.43. The lowest BCUT2D eigenvalue weighted by atomic mass is 10.3. The molecule has 1 aliphatic heterocycles. The zero-order valence-electron chi connectivity index (χ0n) is 15.5. The van der Waals surface area contributed by atoms with E-state index in [0.717, 1.165) is 25.4 Å². The van der Waals surface area contributed by atoms with Gasteiger partial charge in [-0.2, -0.15) is 0 Å². The number of para-hydroxylation sites is 1. The standard InChI is InChI=1S/C19H24N4O4S/c20-28(25,26)18-8-6-16(7-9-18)21-19(24)23-12-10-22(11-13-23)14-15-27-17-4-2-1-3-5-17/h1-9H,10-15H2,(H,21,24)(H2,20,25,26). The molecule has 0 bridgehead atoms. The lowest BCUT2D eigenvalue weighted by Crippen LogP contribution is -2.50. The molecule has 0 aliphatic carbocycles. The summed E-state index contributed by atoms with van der Waals surface area (Å²) in [5.74, 6) is 0.856. The molecule has 0 saturated carbocycles. The van der Waals surface area contributed by atoms with Crippen LogP contribution in [0.4, 0.5) is 10.5 Å². The molecule has 28 heavy (non-hydrogen) atoms. The summed E-state index contributed by atoms with van der Waals surface area (Å²) in [6.07, 6.45) is 0. The third-order valence-electron chi connectivity index (χ3n) is 4.51. The van der Waals surface area contributed by atoms with E-state index in [2.05, 4.69) is 10.2 Å². The number of nitrogens with zero attached hydrogens (tertiary/aromatic N) is 2. The first-order valence-electron chi connectivity index (χ1n) is 9.01. The van der Waals surface area contributed by atoms with Gasteiger partial charge in [-0.05, 0) is 36.4 Å². The smallest absolute Gasteiger partial charge is 0.321 e. The number of anilines is 1. The molecule has 9 heteroatoms. The van der Waals surface area contributed by atoms with Gasteiger partial charge in [0, 0.05) is 38.4 Å². The van der Waals surface area contributed by atoms with Gasteiger partial charge < -0.3 is 15.0 Å². The Bertz CT molecular complexity index is 880. The van der Waals surface area contributed by atoms with Gasteiger partial charge in [0.1, 0.15) is 12.4 Å². The zero-order chi connectivity index (χ0) is 20.0. The molecule has 1 heterocycles. The highest BCUT2D eigenvalue weighted by molar-refractivity contribution is 7.89. The summed E-state index contributed by atoms with van der Waals surface area (Å²) in [5.41, 5.74) is 0.524. The summed E-state index contributed by atoms with van der Waals surface area (Å²) in [6.45, 7) is 4.19. The van der Waals surface area contributed by atoms with Gasteiger partial charge in [0.25, 0.3) is 0 Å². The van der Waals surface area contributed by atoms with E-state index >= 15 is 0 Å². The molecular formula is C19H24N4O4S. The molecule has 1 saturated heterocycles. The molecule has 0 radical (unpaired) electrons. The zero-order valence-corrected chi connectivity index (χ0v) is 16.3. The van der Waals surface area contributed by atoms with Crippen LogP contribution in [0.15, 0.2) is 59.5 Å². The second kappa shape index (κ2) is 9.05. The van der Waals surface area contributed by atoms with E-state index in [9.17, 15) is 13.2 Å². The maximum Gasteiger partial charge on any atom is 0.321 e. The van der Waals surface area contributed by atoms with Crippen LogP contribution in [0.3, 0.4) is 0 Å². The predicted octanol–water partition coefficient (Wildman–Crippen LogP) is 1.56. The number of hydrogen-bond acceptors (Lipinski definition) is 5. The minimum Gasteiger partial charge on any atom is -0.492 e. The molecule has 150 valence electrons. The van der Waals surface area contributed by atoms with Gasteiger partial charge in [0.2, 0.25) is 10.0 Å². The van der Waals surface area contributed by atoms with Crippen molar-refractivity contribution >= 4 is 21.7 Å². The maximum atomic E-state index is 12.4. The number of ether oxygens (including phenoxy) is 1. The largest absolute Gasteiger partial charge is 0.492 e. The van der Waals surface area contributed by atoms with Crippen molar-refractivity contribution in [2.24, 2.45) is 5.14 Å². The number of carbonyl (C=O) groups is 1. The number of carbonyl (C=O) groups excluding carboxylic acids is 1. The van der Waals surface area contributed by atoms with E-state index in [1.807, 2.05) is 30.3 Å². The fraction of sp³-hybridized carbons (Fsp3) is 0.316. The summed E-state index contributed by atoms with van der Waals surface area (Å²) in [4.78, 5) is 16.4. The van der Waals surface area contributed by atoms with Crippen LogP contribution in [-0.4, -0.2) is 63.6 Å². The van der Waals surface area contributed by atoms with Crippen LogP contribution in [0.2, 0.25) is 0 Å². The van der Waals surface area contributed by atoms with Gasteiger partial charge in [-0.25, -0.2) is 18.4 Å². The van der Waals surface area contributed by atoms with Gasteiger partial charge in [-0.1, -0.05) is 18.2 Å². The first-order valence-corrected chi connectivity index (χ1v) is 10.6. The Morgan fingerprint density at radius 3 is 2.25 bits per heavy atom. The van der Waals surface area contributed by atoms with Gasteiger partial charge in [-0.3, -0.25) is 4.90 Å². The third kappa shape index (κ3) is 5.69. The van der Waals surface area contributed by atoms with Crippen molar-refractivity contribution in [2.75, 3.05) is 44.6 Å². The van der Waals surface area contributed by atoms with E-state index < -0.39 is 10.0 Å². The number of sulfonamides is 1. The monoisotopic (exact) mass is 404 g/mol. The molecule has 1 aliphatic rings. The quantitative estimate of drug-likeness (QED) is 0.760. The Balaban J connectivity index is 1.41. The first kappa shape index (κ1) is 20.1. The topological polar surface area (TPSA) is 105 Å². The number of primary sulfonamides is 1. The average Bonchev–Trinajstić information content (AvgIpc) is 2.69.